The standard InChI is InChI=1S/C16H20ClN3OS/c17-14-5-8-22-15(14)10-19-16-2-1-13(9-18-16)20-6-3-12(11-21)4-7-20/h1-2,5,8-9,12,21H,3-4,6-7,10-11H2,(H,18,19). The van der Waals surface area contributed by atoms with E-state index in [-0.39, 0.29) is 0 Å². The van der Waals surface area contributed by atoms with E-state index in [1.54, 1.807) is 11.3 Å². The molecule has 6 heteroatoms. The Morgan fingerprint density at radius 2 is 2.14 bits per heavy atom. The van der Waals surface area contributed by atoms with Crippen molar-refractivity contribution in [2.45, 2.75) is 19.4 Å². The minimum Gasteiger partial charge on any atom is -0.396 e. The Labute approximate surface area is 139 Å². The van der Waals surface area contributed by atoms with Crippen molar-refractivity contribution in [3.05, 3.63) is 39.7 Å². The van der Waals surface area contributed by atoms with E-state index in [4.69, 9.17) is 11.6 Å². The van der Waals surface area contributed by atoms with Gasteiger partial charge in [0.1, 0.15) is 5.82 Å². The van der Waals surface area contributed by atoms with E-state index in [2.05, 4.69) is 21.3 Å². The van der Waals surface area contributed by atoms with E-state index in [9.17, 15) is 5.11 Å². The monoisotopic (exact) mass is 337 g/mol. The summed E-state index contributed by atoms with van der Waals surface area (Å²) in [6.07, 6.45) is 4.01. The maximum Gasteiger partial charge on any atom is 0.126 e. The number of aliphatic hydroxyl groups excluding tert-OH is 1. The molecule has 22 heavy (non-hydrogen) atoms. The molecule has 3 rings (SSSR count). The molecule has 1 aliphatic rings. The molecular weight excluding hydrogens is 318 g/mol. The lowest BCUT2D eigenvalue weighted by atomic mass is 9.98. The highest BCUT2D eigenvalue weighted by Gasteiger charge is 2.18. The van der Waals surface area contributed by atoms with Crippen LogP contribution in [0.15, 0.2) is 29.8 Å². The van der Waals surface area contributed by atoms with Gasteiger partial charge >= 0.3 is 0 Å². The van der Waals surface area contributed by atoms with Crippen molar-refractivity contribution in [1.82, 2.24) is 4.98 Å². The van der Waals surface area contributed by atoms with Crippen LogP contribution in [-0.4, -0.2) is 29.8 Å². The number of aliphatic hydroxyl groups is 1. The molecule has 1 saturated heterocycles. The van der Waals surface area contributed by atoms with Crippen molar-refractivity contribution in [3.8, 4) is 0 Å². The van der Waals surface area contributed by atoms with Gasteiger partial charge in [0.2, 0.25) is 0 Å². The van der Waals surface area contributed by atoms with Gasteiger partial charge in [-0.2, -0.15) is 0 Å². The smallest absolute Gasteiger partial charge is 0.126 e. The molecule has 0 spiro atoms. The van der Waals surface area contributed by atoms with E-state index in [0.29, 0.717) is 19.1 Å². The van der Waals surface area contributed by atoms with E-state index >= 15 is 0 Å². The number of hydrogen-bond acceptors (Lipinski definition) is 5. The number of anilines is 2. The number of rotatable bonds is 5. The van der Waals surface area contributed by atoms with Gasteiger partial charge in [0.15, 0.2) is 0 Å². The van der Waals surface area contributed by atoms with Crippen molar-refractivity contribution in [2.75, 3.05) is 29.9 Å². The Bertz CT molecular complexity index is 594. The van der Waals surface area contributed by atoms with Crippen LogP contribution >= 0.6 is 22.9 Å². The summed E-state index contributed by atoms with van der Waals surface area (Å²) >= 11 is 7.73. The van der Waals surface area contributed by atoms with Gasteiger partial charge < -0.3 is 15.3 Å². The first-order valence-corrected chi connectivity index (χ1v) is 8.79. The first-order valence-electron chi connectivity index (χ1n) is 7.54. The van der Waals surface area contributed by atoms with Crippen molar-refractivity contribution in [3.63, 3.8) is 0 Å². The fourth-order valence-electron chi connectivity index (χ4n) is 2.67. The Balaban J connectivity index is 1.55. The number of hydrogen-bond donors (Lipinski definition) is 2. The van der Waals surface area contributed by atoms with E-state index < -0.39 is 0 Å². The first-order chi connectivity index (χ1) is 10.8. The predicted octanol–water partition coefficient (Wildman–Crippen LogP) is 3.62. The molecule has 0 aromatic carbocycles. The number of nitrogens with zero attached hydrogens (tertiary/aromatic N) is 2. The quantitative estimate of drug-likeness (QED) is 0.875. The zero-order chi connectivity index (χ0) is 15.4. The van der Waals surface area contributed by atoms with Crippen LogP contribution in [0.25, 0.3) is 0 Å². The van der Waals surface area contributed by atoms with E-state index in [1.807, 2.05) is 23.7 Å². The van der Waals surface area contributed by atoms with E-state index in [0.717, 1.165) is 47.3 Å². The Kier molecular flexibility index (Phi) is 5.18. The van der Waals surface area contributed by atoms with Gasteiger partial charge in [-0.25, -0.2) is 4.98 Å². The number of aromatic nitrogens is 1. The molecular formula is C16H20ClN3OS. The second kappa shape index (κ2) is 7.31. The van der Waals surface area contributed by atoms with Crippen LogP contribution in [-0.2, 0) is 6.54 Å². The molecule has 0 saturated carbocycles. The molecule has 2 aromatic rings. The number of thiophene rings is 1. The summed E-state index contributed by atoms with van der Waals surface area (Å²) in [6, 6.07) is 6.02. The highest BCUT2D eigenvalue weighted by molar-refractivity contribution is 7.10. The van der Waals surface area contributed by atoms with E-state index in [1.165, 1.54) is 0 Å². The van der Waals surface area contributed by atoms with Crippen molar-refractivity contribution < 1.29 is 5.11 Å². The molecule has 0 radical (unpaired) electrons. The molecule has 0 unspecified atom stereocenters. The highest BCUT2D eigenvalue weighted by atomic mass is 35.5. The van der Waals surface area contributed by atoms with Gasteiger partial charge in [0, 0.05) is 24.6 Å². The normalized spacial score (nSPS) is 16.0. The minimum atomic E-state index is 0.306. The molecule has 4 nitrogen and oxygen atoms in total. The zero-order valence-electron chi connectivity index (χ0n) is 12.3. The maximum absolute atomic E-state index is 9.19. The van der Waals surface area contributed by atoms with Crippen LogP contribution in [0.1, 0.15) is 17.7 Å². The summed E-state index contributed by atoms with van der Waals surface area (Å²) in [7, 11) is 0. The third kappa shape index (κ3) is 3.72. The van der Waals surface area contributed by atoms with Gasteiger partial charge in [0.05, 0.1) is 23.5 Å². The molecule has 1 aliphatic heterocycles. The molecule has 0 atom stereocenters. The molecule has 0 bridgehead atoms. The second-order valence-corrected chi connectivity index (χ2v) is 6.97. The van der Waals surface area contributed by atoms with Crippen LogP contribution in [0.2, 0.25) is 5.02 Å². The summed E-state index contributed by atoms with van der Waals surface area (Å²) < 4.78 is 0. The lowest BCUT2D eigenvalue weighted by Crippen LogP contribution is -2.34. The van der Waals surface area contributed by atoms with Crippen LogP contribution in [0, 0.1) is 5.92 Å². The molecule has 0 aliphatic carbocycles. The fourth-order valence-corrected chi connectivity index (χ4v) is 3.72. The van der Waals surface area contributed by atoms with Crippen LogP contribution in [0.4, 0.5) is 11.5 Å². The summed E-state index contributed by atoms with van der Waals surface area (Å²) in [6.45, 7) is 2.99. The molecule has 3 heterocycles. The SMILES string of the molecule is OCC1CCN(c2ccc(NCc3sccc3Cl)nc2)CC1. The largest absolute Gasteiger partial charge is 0.396 e. The maximum atomic E-state index is 9.19. The number of halogens is 1. The zero-order valence-corrected chi connectivity index (χ0v) is 13.9. The Hall–Kier alpha value is -1.30. The number of pyridine rings is 1. The fraction of sp³-hybridized carbons (Fsp3) is 0.438. The minimum absolute atomic E-state index is 0.306. The third-order valence-corrected chi connectivity index (χ3v) is 5.49. The average Bonchev–Trinajstić information content (AvgIpc) is 2.99. The van der Waals surface area contributed by atoms with Crippen LogP contribution < -0.4 is 10.2 Å². The van der Waals surface area contributed by atoms with Gasteiger partial charge in [-0.05, 0) is 42.3 Å². The molecule has 2 N–H and O–H groups in total. The first kappa shape index (κ1) is 15.6. The predicted molar refractivity (Wildman–Crippen MR) is 92.9 cm³/mol. The lowest BCUT2D eigenvalue weighted by Gasteiger charge is -2.32. The molecule has 1 fully saturated rings. The Morgan fingerprint density at radius 3 is 2.73 bits per heavy atom. The van der Waals surface area contributed by atoms with Gasteiger partial charge in [-0.1, -0.05) is 11.6 Å². The summed E-state index contributed by atoms with van der Waals surface area (Å²) in [5, 5.41) is 15.3. The average molecular weight is 338 g/mol. The third-order valence-electron chi connectivity index (χ3n) is 4.11. The number of nitrogens with one attached hydrogen (secondary N) is 1. The van der Waals surface area contributed by atoms with Gasteiger partial charge in [-0.3, -0.25) is 0 Å². The lowest BCUT2D eigenvalue weighted by molar-refractivity contribution is 0.203. The highest BCUT2D eigenvalue weighted by Crippen LogP contribution is 2.25. The van der Waals surface area contributed by atoms with Crippen molar-refractivity contribution in [2.24, 2.45) is 5.92 Å². The van der Waals surface area contributed by atoms with Gasteiger partial charge in [0.25, 0.3) is 0 Å². The van der Waals surface area contributed by atoms with Crippen LogP contribution in [0.5, 0.6) is 0 Å². The molecule has 118 valence electrons. The van der Waals surface area contributed by atoms with Crippen LogP contribution in [0.3, 0.4) is 0 Å². The Morgan fingerprint density at radius 1 is 1.32 bits per heavy atom. The van der Waals surface area contributed by atoms with Gasteiger partial charge in [-0.15, -0.1) is 11.3 Å². The molecule has 2 aromatic heterocycles. The van der Waals surface area contributed by atoms with Crippen molar-refractivity contribution in [1.29, 1.82) is 0 Å². The summed E-state index contributed by atoms with van der Waals surface area (Å²) in [5.74, 6) is 1.32. The molecule has 0 amide bonds. The number of piperidine rings is 1. The second-order valence-electron chi connectivity index (χ2n) is 5.56. The topological polar surface area (TPSA) is 48.4 Å². The van der Waals surface area contributed by atoms with Crippen molar-refractivity contribution >= 4 is 34.4 Å². The summed E-state index contributed by atoms with van der Waals surface area (Å²) in [5.41, 5.74) is 1.15. The summed E-state index contributed by atoms with van der Waals surface area (Å²) in [4.78, 5) is 7.94.